The molecule has 1 N–H and O–H groups in total. The Kier molecular flexibility index (Phi) is 3.86. The summed E-state index contributed by atoms with van der Waals surface area (Å²) in [6, 6.07) is 12.9. The SMILES string of the molecule is Cc1noc2cc(C(CC(=O)O)c3ccc(Cl)cc3)ccc12. The molecule has 0 aliphatic carbocycles. The molecule has 0 aliphatic heterocycles. The standard InChI is InChI=1S/C17H14ClNO3/c1-10-14-7-4-12(8-16(14)22-19-10)15(9-17(20)21)11-2-5-13(18)6-3-11/h2-8,15H,9H2,1H3,(H,20,21). The number of nitrogens with zero attached hydrogens (tertiary/aromatic N) is 1. The van der Waals surface area contributed by atoms with Gasteiger partial charge in [0.15, 0.2) is 5.58 Å². The van der Waals surface area contributed by atoms with Gasteiger partial charge in [0.2, 0.25) is 0 Å². The van der Waals surface area contributed by atoms with E-state index in [2.05, 4.69) is 5.16 Å². The van der Waals surface area contributed by atoms with Gasteiger partial charge in [0, 0.05) is 16.3 Å². The van der Waals surface area contributed by atoms with Crippen molar-refractivity contribution in [3.05, 3.63) is 64.3 Å². The van der Waals surface area contributed by atoms with Gasteiger partial charge >= 0.3 is 5.97 Å². The average Bonchev–Trinajstić information content (AvgIpc) is 2.86. The lowest BCUT2D eigenvalue weighted by atomic mass is 9.88. The number of carboxylic acid groups (broad SMARTS) is 1. The fourth-order valence-electron chi connectivity index (χ4n) is 2.59. The van der Waals surface area contributed by atoms with Crippen molar-refractivity contribution in [3.8, 4) is 0 Å². The van der Waals surface area contributed by atoms with Gasteiger partial charge in [-0.15, -0.1) is 0 Å². The van der Waals surface area contributed by atoms with Crippen molar-refractivity contribution < 1.29 is 14.4 Å². The number of fused-ring (bicyclic) bond motifs is 1. The second-order valence-electron chi connectivity index (χ2n) is 5.23. The predicted octanol–water partition coefficient (Wildman–Crippen LogP) is 4.40. The molecule has 0 amide bonds. The van der Waals surface area contributed by atoms with Crippen LogP contribution in [0.25, 0.3) is 11.0 Å². The van der Waals surface area contributed by atoms with Crippen LogP contribution in [0.4, 0.5) is 0 Å². The van der Waals surface area contributed by atoms with Crippen molar-refractivity contribution in [2.24, 2.45) is 0 Å². The van der Waals surface area contributed by atoms with Crippen LogP contribution >= 0.6 is 11.6 Å². The van der Waals surface area contributed by atoms with E-state index < -0.39 is 5.97 Å². The van der Waals surface area contributed by atoms with Crippen LogP contribution in [0.3, 0.4) is 0 Å². The van der Waals surface area contributed by atoms with E-state index in [1.807, 2.05) is 37.3 Å². The number of rotatable bonds is 4. The maximum atomic E-state index is 11.2. The Labute approximate surface area is 132 Å². The first-order valence-electron chi connectivity index (χ1n) is 6.88. The summed E-state index contributed by atoms with van der Waals surface area (Å²) in [5, 5.41) is 14.7. The minimum Gasteiger partial charge on any atom is -0.481 e. The largest absolute Gasteiger partial charge is 0.481 e. The molecule has 0 saturated heterocycles. The summed E-state index contributed by atoms with van der Waals surface area (Å²) in [4.78, 5) is 11.2. The van der Waals surface area contributed by atoms with Crippen molar-refractivity contribution >= 4 is 28.5 Å². The van der Waals surface area contributed by atoms with E-state index in [4.69, 9.17) is 16.1 Å². The molecule has 1 heterocycles. The van der Waals surface area contributed by atoms with E-state index >= 15 is 0 Å². The lowest BCUT2D eigenvalue weighted by Crippen LogP contribution is -2.08. The van der Waals surface area contributed by atoms with Gasteiger partial charge < -0.3 is 9.63 Å². The highest BCUT2D eigenvalue weighted by molar-refractivity contribution is 6.30. The zero-order valence-electron chi connectivity index (χ0n) is 11.9. The van der Waals surface area contributed by atoms with Crippen molar-refractivity contribution in [2.45, 2.75) is 19.3 Å². The molecule has 5 heteroatoms. The van der Waals surface area contributed by atoms with Crippen LogP contribution in [0.1, 0.15) is 29.2 Å². The van der Waals surface area contributed by atoms with Gasteiger partial charge in [-0.25, -0.2) is 0 Å². The van der Waals surface area contributed by atoms with Gasteiger partial charge in [0.05, 0.1) is 12.1 Å². The number of halogens is 1. The lowest BCUT2D eigenvalue weighted by Gasteiger charge is -2.16. The molecule has 1 atom stereocenters. The average molecular weight is 316 g/mol. The number of aromatic nitrogens is 1. The Balaban J connectivity index is 2.06. The highest BCUT2D eigenvalue weighted by Crippen LogP contribution is 2.31. The Morgan fingerprint density at radius 3 is 2.59 bits per heavy atom. The summed E-state index contributed by atoms with van der Waals surface area (Å²) in [5.41, 5.74) is 3.28. The van der Waals surface area contributed by atoms with E-state index in [9.17, 15) is 9.90 Å². The Bertz CT molecular complexity index is 824. The Hall–Kier alpha value is -2.33. The van der Waals surface area contributed by atoms with E-state index in [0.29, 0.717) is 10.6 Å². The summed E-state index contributed by atoms with van der Waals surface area (Å²) in [6.07, 6.45) is 0.000256. The van der Waals surface area contributed by atoms with Crippen LogP contribution in [0, 0.1) is 6.92 Å². The van der Waals surface area contributed by atoms with Crippen LogP contribution < -0.4 is 0 Å². The zero-order chi connectivity index (χ0) is 15.7. The Morgan fingerprint density at radius 1 is 1.23 bits per heavy atom. The van der Waals surface area contributed by atoms with Crippen molar-refractivity contribution in [1.29, 1.82) is 0 Å². The zero-order valence-corrected chi connectivity index (χ0v) is 12.7. The summed E-state index contributed by atoms with van der Waals surface area (Å²) in [6.45, 7) is 1.87. The van der Waals surface area contributed by atoms with Gasteiger partial charge in [0.1, 0.15) is 0 Å². The molecule has 1 aromatic heterocycles. The van der Waals surface area contributed by atoms with Crippen LogP contribution in [0.5, 0.6) is 0 Å². The van der Waals surface area contributed by atoms with E-state index in [-0.39, 0.29) is 12.3 Å². The number of hydrogen-bond acceptors (Lipinski definition) is 3. The van der Waals surface area contributed by atoms with Gasteiger partial charge in [-0.2, -0.15) is 0 Å². The summed E-state index contributed by atoms with van der Waals surface area (Å²) < 4.78 is 5.28. The molecule has 4 nitrogen and oxygen atoms in total. The van der Waals surface area contributed by atoms with E-state index in [1.165, 1.54) is 0 Å². The van der Waals surface area contributed by atoms with Crippen LogP contribution in [0.15, 0.2) is 47.0 Å². The van der Waals surface area contributed by atoms with Crippen molar-refractivity contribution in [2.75, 3.05) is 0 Å². The normalized spacial score (nSPS) is 12.5. The molecule has 1 unspecified atom stereocenters. The molecule has 22 heavy (non-hydrogen) atoms. The molecule has 3 rings (SSSR count). The molecule has 0 saturated carbocycles. The topological polar surface area (TPSA) is 63.3 Å². The van der Waals surface area contributed by atoms with E-state index in [0.717, 1.165) is 22.2 Å². The number of benzene rings is 2. The highest BCUT2D eigenvalue weighted by atomic mass is 35.5. The molecule has 0 fully saturated rings. The van der Waals surface area contributed by atoms with Gasteiger partial charge in [-0.05, 0) is 42.3 Å². The van der Waals surface area contributed by atoms with Crippen molar-refractivity contribution in [1.82, 2.24) is 5.16 Å². The van der Waals surface area contributed by atoms with Gasteiger partial charge in [0.25, 0.3) is 0 Å². The molecule has 0 bridgehead atoms. The number of carbonyl (C=O) groups is 1. The van der Waals surface area contributed by atoms with Gasteiger partial charge in [-0.3, -0.25) is 4.79 Å². The third kappa shape index (κ3) is 2.83. The number of aliphatic carboxylic acids is 1. The molecule has 0 radical (unpaired) electrons. The minimum atomic E-state index is -0.853. The first kappa shape index (κ1) is 14.6. The molecular formula is C17H14ClNO3. The molecule has 2 aromatic carbocycles. The van der Waals surface area contributed by atoms with Crippen LogP contribution in [-0.4, -0.2) is 16.2 Å². The monoisotopic (exact) mass is 315 g/mol. The molecular weight excluding hydrogens is 302 g/mol. The summed E-state index contributed by atoms with van der Waals surface area (Å²) in [7, 11) is 0. The lowest BCUT2D eigenvalue weighted by molar-refractivity contribution is -0.137. The fourth-order valence-corrected chi connectivity index (χ4v) is 2.72. The fraction of sp³-hybridized carbons (Fsp3) is 0.176. The molecule has 0 aliphatic rings. The first-order chi connectivity index (χ1) is 10.5. The first-order valence-corrected chi connectivity index (χ1v) is 7.25. The predicted molar refractivity (Wildman–Crippen MR) is 84.3 cm³/mol. The quantitative estimate of drug-likeness (QED) is 0.775. The second-order valence-corrected chi connectivity index (χ2v) is 5.66. The maximum Gasteiger partial charge on any atom is 0.304 e. The van der Waals surface area contributed by atoms with Crippen LogP contribution in [0.2, 0.25) is 5.02 Å². The maximum absolute atomic E-state index is 11.2. The third-order valence-electron chi connectivity index (χ3n) is 3.73. The Morgan fingerprint density at radius 2 is 1.91 bits per heavy atom. The summed E-state index contributed by atoms with van der Waals surface area (Å²) in [5.74, 6) is -1.11. The summed E-state index contributed by atoms with van der Waals surface area (Å²) >= 11 is 5.91. The molecule has 0 spiro atoms. The van der Waals surface area contributed by atoms with Crippen LogP contribution in [-0.2, 0) is 4.79 Å². The minimum absolute atomic E-state index is 0.000256. The second kappa shape index (κ2) is 5.81. The third-order valence-corrected chi connectivity index (χ3v) is 3.98. The number of carboxylic acids is 1. The van der Waals surface area contributed by atoms with Gasteiger partial charge in [-0.1, -0.05) is 35.0 Å². The smallest absolute Gasteiger partial charge is 0.304 e. The number of hydrogen-bond donors (Lipinski definition) is 1. The molecule has 3 aromatic rings. The highest BCUT2D eigenvalue weighted by Gasteiger charge is 2.19. The van der Waals surface area contributed by atoms with Crippen molar-refractivity contribution in [3.63, 3.8) is 0 Å². The molecule has 112 valence electrons. The van der Waals surface area contributed by atoms with E-state index in [1.54, 1.807) is 12.1 Å². The number of aryl methyl sites for hydroxylation is 1.